The van der Waals surface area contributed by atoms with Crippen LogP contribution >= 0.6 is 0 Å². The number of nitrogens with zero attached hydrogens (tertiary/aromatic N) is 1. The molecule has 0 saturated heterocycles. The van der Waals surface area contributed by atoms with E-state index in [4.69, 9.17) is 9.84 Å². The molecule has 24 heavy (non-hydrogen) atoms. The molecule has 0 aliphatic rings. The van der Waals surface area contributed by atoms with Crippen LogP contribution in [0.4, 0.5) is 0 Å². The van der Waals surface area contributed by atoms with Crippen LogP contribution in [-0.4, -0.2) is 46.1 Å². The summed E-state index contributed by atoms with van der Waals surface area (Å²) < 4.78 is 5.10. The first-order chi connectivity index (χ1) is 11.4. The summed E-state index contributed by atoms with van der Waals surface area (Å²) in [7, 11) is 0. The topological polar surface area (TPSA) is 82.6 Å². The molecule has 6 nitrogen and oxygen atoms in total. The Kier molecular flexibility index (Phi) is 5.98. The van der Waals surface area contributed by atoms with E-state index in [2.05, 4.69) is 30.7 Å². The molecule has 0 aliphatic heterocycles. The second-order valence-corrected chi connectivity index (χ2v) is 6.04. The van der Waals surface area contributed by atoms with Crippen molar-refractivity contribution in [3.8, 4) is 5.75 Å². The number of H-pyrrole nitrogens is 1. The Morgan fingerprint density at radius 1 is 1.33 bits per heavy atom. The van der Waals surface area contributed by atoms with Crippen molar-refractivity contribution in [3.63, 3.8) is 0 Å². The van der Waals surface area contributed by atoms with Crippen LogP contribution in [0.15, 0.2) is 24.4 Å². The van der Waals surface area contributed by atoms with Gasteiger partial charge in [-0.15, -0.1) is 0 Å². The molecule has 0 aliphatic carbocycles. The van der Waals surface area contributed by atoms with Gasteiger partial charge in [0.25, 0.3) is 0 Å². The fourth-order valence-electron chi connectivity index (χ4n) is 2.76. The van der Waals surface area contributed by atoms with Crippen LogP contribution in [0.5, 0.6) is 5.75 Å². The lowest BCUT2D eigenvalue weighted by Gasteiger charge is -2.24. The standard InChI is InChI=1S/C18H24N2O4/c1-4-20(12(2)3)8-7-13-11-19-16-6-5-14(9-15(13)16)24-18(23)10-17(21)22/h5-6,9,11-12,19H,4,7-8,10H2,1-3H3,(H,21,22). The number of hydrogen-bond acceptors (Lipinski definition) is 4. The summed E-state index contributed by atoms with van der Waals surface area (Å²) in [6.45, 7) is 8.45. The van der Waals surface area contributed by atoms with Gasteiger partial charge in [-0.25, -0.2) is 0 Å². The second-order valence-electron chi connectivity index (χ2n) is 6.04. The fourth-order valence-corrected chi connectivity index (χ4v) is 2.76. The lowest BCUT2D eigenvalue weighted by molar-refractivity contribution is -0.145. The van der Waals surface area contributed by atoms with Crippen molar-refractivity contribution in [3.05, 3.63) is 30.0 Å². The number of esters is 1. The molecule has 6 heteroatoms. The van der Waals surface area contributed by atoms with E-state index in [0.717, 1.165) is 36.0 Å². The predicted molar refractivity (Wildman–Crippen MR) is 92.3 cm³/mol. The molecule has 1 heterocycles. The van der Waals surface area contributed by atoms with Gasteiger partial charge in [0.2, 0.25) is 0 Å². The van der Waals surface area contributed by atoms with Gasteiger partial charge >= 0.3 is 11.9 Å². The van der Waals surface area contributed by atoms with Crippen molar-refractivity contribution >= 4 is 22.8 Å². The van der Waals surface area contributed by atoms with Gasteiger partial charge in [0.05, 0.1) is 0 Å². The zero-order valence-electron chi connectivity index (χ0n) is 14.3. The number of nitrogens with one attached hydrogen (secondary N) is 1. The number of carboxylic acids is 1. The van der Waals surface area contributed by atoms with Crippen LogP contribution in [0, 0.1) is 0 Å². The summed E-state index contributed by atoms with van der Waals surface area (Å²) >= 11 is 0. The minimum absolute atomic E-state index is 0.366. The van der Waals surface area contributed by atoms with Crippen molar-refractivity contribution in [2.24, 2.45) is 0 Å². The van der Waals surface area contributed by atoms with Crippen LogP contribution < -0.4 is 4.74 Å². The number of benzene rings is 1. The van der Waals surface area contributed by atoms with E-state index in [-0.39, 0.29) is 0 Å². The highest BCUT2D eigenvalue weighted by molar-refractivity contribution is 5.92. The van der Waals surface area contributed by atoms with Crippen LogP contribution in [-0.2, 0) is 16.0 Å². The van der Waals surface area contributed by atoms with E-state index in [9.17, 15) is 9.59 Å². The lowest BCUT2D eigenvalue weighted by Crippen LogP contribution is -2.32. The molecule has 0 fully saturated rings. The number of fused-ring (bicyclic) bond motifs is 1. The van der Waals surface area contributed by atoms with Crippen molar-refractivity contribution < 1.29 is 19.4 Å². The van der Waals surface area contributed by atoms with E-state index >= 15 is 0 Å². The van der Waals surface area contributed by atoms with Gasteiger partial charge in [-0.2, -0.15) is 0 Å². The summed E-state index contributed by atoms with van der Waals surface area (Å²) in [6, 6.07) is 5.77. The van der Waals surface area contributed by atoms with Gasteiger partial charge in [-0.1, -0.05) is 6.92 Å². The monoisotopic (exact) mass is 332 g/mol. The minimum Gasteiger partial charge on any atom is -0.481 e. The highest BCUT2D eigenvalue weighted by Gasteiger charge is 2.13. The van der Waals surface area contributed by atoms with Crippen molar-refractivity contribution in [2.45, 2.75) is 39.7 Å². The Labute approximate surface area is 141 Å². The van der Waals surface area contributed by atoms with Gasteiger partial charge < -0.3 is 19.7 Å². The first-order valence-electron chi connectivity index (χ1n) is 8.17. The third kappa shape index (κ3) is 4.58. The smallest absolute Gasteiger partial charge is 0.322 e. The number of carbonyl (C=O) groups excluding carboxylic acids is 1. The zero-order valence-corrected chi connectivity index (χ0v) is 14.3. The van der Waals surface area contributed by atoms with Gasteiger partial charge in [0.1, 0.15) is 12.2 Å². The minimum atomic E-state index is -1.20. The lowest BCUT2D eigenvalue weighted by atomic mass is 10.1. The molecule has 0 bridgehead atoms. The number of aromatic nitrogens is 1. The van der Waals surface area contributed by atoms with Gasteiger partial charge in [-0.3, -0.25) is 9.59 Å². The zero-order chi connectivity index (χ0) is 17.7. The van der Waals surface area contributed by atoms with Crippen molar-refractivity contribution in [1.29, 1.82) is 0 Å². The quantitative estimate of drug-likeness (QED) is 0.441. The molecule has 0 unspecified atom stereocenters. The van der Waals surface area contributed by atoms with Gasteiger partial charge in [0.15, 0.2) is 0 Å². The summed E-state index contributed by atoms with van der Waals surface area (Å²) in [6.07, 6.45) is 2.22. The van der Waals surface area contributed by atoms with Crippen molar-refractivity contribution in [1.82, 2.24) is 9.88 Å². The van der Waals surface area contributed by atoms with E-state index in [1.54, 1.807) is 12.1 Å². The number of carboxylic acid groups (broad SMARTS) is 1. The van der Waals surface area contributed by atoms with Crippen molar-refractivity contribution in [2.75, 3.05) is 13.1 Å². The summed E-state index contributed by atoms with van der Waals surface area (Å²) in [5.74, 6) is -1.60. The summed E-state index contributed by atoms with van der Waals surface area (Å²) in [5.41, 5.74) is 2.12. The van der Waals surface area contributed by atoms with Crippen LogP contribution in [0.1, 0.15) is 32.8 Å². The maximum absolute atomic E-state index is 11.5. The number of aromatic amines is 1. The largest absolute Gasteiger partial charge is 0.481 e. The van der Waals surface area contributed by atoms with Crippen LogP contribution in [0.3, 0.4) is 0 Å². The van der Waals surface area contributed by atoms with Gasteiger partial charge in [0, 0.05) is 29.7 Å². The number of ether oxygens (including phenoxy) is 1. The third-order valence-corrected chi connectivity index (χ3v) is 4.07. The van der Waals surface area contributed by atoms with Gasteiger partial charge in [-0.05, 0) is 50.6 Å². The van der Waals surface area contributed by atoms with Crippen LogP contribution in [0.25, 0.3) is 10.9 Å². The first-order valence-corrected chi connectivity index (χ1v) is 8.17. The molecule has 2 N–H and O–H groups in total. The molecule has 0 radical (unpaired) electrons. The molecule has 1 aromatic heterocycles. The maximum Gasteiger partial charge on any atom is 0.322 e. The molecular weight excluding hydrogens is 308 g/mol. The molecule has 2 rings (SSSR count). The second kappa shape index (κ2) is 7.97. The van der Waals surface area contributed by atoms with E-state index in [0.29, 0.717) is 11.8 Å². The Balaban J connectivity index is 2.13. The van der Waals surface area contributed by atoms with E-state index in [1.807, 2.05) is 12.3 Å². The molecule has 2 aromatic rings. The maximum atomic E-state index is 11.5. The molecule has 130 valence electrons. The van der Waals surface area contributed by atoms with E-state index < -0.39 is 18.4 Å². The molecule has 0 atom stereocenters. The number of aliphatic carboxylic acids is 1. The Morgan fingerprint density at radius 3 is 2.71 bits per heavy atom. The highest BCUT2D eigenvalue weighted by atomic mass is 16.5. The number of hydrogen-bond donors (Lipinski definition) is 2. The molecule has 0 saturated carbocycles. The number of likely N-dealkylation sites (N-methyl/N-ethyl adjacent to an activating group) is 1. The average Bonchev–Trinajstić information content (AvgIpc) is 2.89. The van der Waals surface area contributed by atoms with E-state index in [1.165, 1.54) is 0 Å². The molecular formula is C18H24N2O4. The Hall–Kier alpha value is -2.34. The molecule has 1 aromatic carbocycles. The third-order valence-electron chi connectivity index (χ3n) is 4.07. The fraction of sp³-hybridized carbons (Fsp3) is 0.444. The SMILES string of the molecule is CCN(CCc1c[nH]c2ccc(OC(=O)CC(=O)O)cc12)C(C)C. The summed E-state index contributed by atoms with van der Waals surface area (Å²) in [4.78, 5) is 27.6. The average molecular weight is 332 g/mol. The first kappa shape index (κ1) is 18.0. The predicted octanol–water partition coefficient (Wildman–Crippen LogP) is 2.82. The Bertz CT molecular complexity index is 721. The normalized spacial score (nSPS) is 11.4. The highest BCUT2D eigenvalue weighted by Crippen LogP contribution is 2.24. The number of carbonyl (C=O) groups is 2. The summed E-state index contributed by atoms with van der Waals surface area (Å²) in [5, 5.41) is 9.62. The molecule has 0 amide bonds. The number of rotatable bonds is 8. The van der Waals surface area contributed by atoms with Crippen LogP contribution in [0.2, 0.25) is 0 Å². The Morgan fingerprint density at radius 2 is 2.08 bits per heavy atom. The molecule has 0 spiro atoms.